The fourth-order valence-corrected chi connectivity index (χ4v) is 2.80. The highest BCUT2D eigenvalue weighted by atomic mass is 16.4. The number of aliphatic carboxylic acids is 1. The summed E-state index contributed by atoms with van der Waals surface area (Å²) in [5, 5.41) is 20.8. The lowest BCUT2D eigenvalue weighted by Crippen LogP contribution is -2.54. The zero-order valence-corrected chi connectivity index (χ0v) is 9.80. The van der Waals surface area contributed by atoms with Gasteiger partial charge in [-0.25, -0.2) is 4.79 Å². The van der Waals surface area contributed by atoms with E-state index in [1.54, 1.807) is 4.90 Å². The van der Waals surface area contributed by atoms with E-state index < -0.39 is 12.0 Å². The minimum atomic E-state index is -1.04. The Balaban J connectivity index is 1.99. The molecule has 0 aromatic heterocycles. The van der Waals surface area contributed by atoms with E-state index in [0.717, 1.165) is 12.8 Å². The van der Waals surface area contributed by atoms with E-state index >= 15 is 0 Å². The highest BCUT2D eigenvalue weighted by molar-refractivity contribution is 5.82. The molecule has 0 radical (unpaired) electrons. The number of rotatable bonds is 2. The van der Waals surface area contributed by atoms with Crippen LogP contribution in [0.15, 0.2) is 0 Å². The molecule has 2 fully saturated rings. The average molecular weight is 242 g/mol. The van der Waals surface area contributed by atoms with Crippen LogP contribution in [0.5, 0.6) is 0 Å². The number of carboxylic acid groups (broad SMARTS) is 1. The minimum absolute atomic E-state index is 0.0599. The molecular formula is C11H18N2O4. The van der Waals surface area contributed by atoms with Gasteiger partial charge in [-0.2, -0.15) is 0 Å². The number of carbonyl (C=O) groups is 2. The summed E-state index contributed by atoms with van der Waals surface area (Å²) in [7, 11) is 0. The topological polar surface area (TPSA) is 89.9 Å². The van der Waals surface area contributed by atoms with Crippen molar-refractivity contribution < 1.29 is 19.8 Å². The summed E-state index contributed by atoms with van der Waals surface area (Å²) >= 11 is 0. The van der Waals surface area contributed by atoms with Crippen molar-refractivity contribution in [3.05, 3.63) is 0 Å². The molecule has 2 amide bonds. The van der Waals surface area contributed by atoms with Crippen LogP contribution in [0.1, 0.15) is 32.6 Å². The summed E-state index contributed by atoms with van der Waals surface area (Å²) in [5.74, 6) is -1.04. The fraction of sp³-hybridized carbons (Fsp3) is 0.818. The first-order valence-electron chi connectivity index (χ1n) is 5.98. The quantitative estimate of drug-likeness (QED) is 0.643. The Morgan fingerprint density at radius 2 is 1.82 bits per heavy atom. The zero-order valence-electron chi connectivity index (χ0n) is 9.80. The average Bonchev–Trinajstić information content (AvgIpc) is 2.51. The van der Waals surface area contributed by atoms with Crippen molar-refractivity contribution in [3.63, 3.8) is 0 Å². The maximum atomic E-state index is 12.0. The molecule has 3 unspecified atom stereocenters. The number of carboxylic acids is 1. The van der Waals surface area contributed by atoms with Crippen molar-refractivity contribution in [2.24, 2.45) is 0 Å². The standard InChI is InChI=1S/C11H18N2O4/c1-6(10(15)16)12-11(17)13-7-2-3-8(13)5-9(14)4-7/h6-9,14H,2-5H2,1H3,(H,12,17)(H,15,16). The number of hydrogen-bond donors (Lipinski definition) is 3. The number of aliphatic hydroxyl groups is 1. The van der Waals surface area contributed by atoms with Crippen LogP contribution >= 0.6 is 0 Å². The monoisotopic (exact) mass is 242 g/mol. The molecule has 2 saturated heterocycles. The van der Waals surface area contributed by atoms with Gasteiger partial charge in [-0.05, 0) is 32.6 Å². The van der Waals surface area contributed by atoms with Gasteiger partial charge < -0.3 is 20.4 Å². The number of fused-ring (bicyclic) bond motifs is 2. The Kier molecular flexibility index (Phi) is 3.24. The Hall–Kier alpha value is -1.30. The first-order chi connectivity index (χ1) is 7.99. The van der Waals surface area contributed by atoms with E-state index in [4.69, 9.17) is 5.11 Å². The van der Waals surface area contributed by atoms with Crippen LogP contribution in [-0.4, -0.2) is 51.3 Å². The Labute approximate surface area is 99.6 Å². The number of hydrogen-bond acceptors (Lipinski definition) is 3. The lowest BCUT2D eigenvalue weighted by Gasteiger charge is -2.37. The number of nitrogens with one attached hydrogen (secondary N) is 1. The largest absolute Gasteiger partial charge is 0.480 e. The number of carbonyl (C=O) groups excluding carboxylic acids is 1. The maximum absolute atomic E-state index is 12.0. The second kappa shape index (κ2) is 4.52. The first kappa shape index (κ1) is 12.2. The maximum Gasteiger partial charge on any atom is 0.325 e. The van der Waals surface area contributed by atoms with Gasteiger partial charge in [0.15, 0.2) is 0 Å². The highest BCUT2D eigenvalue weighted by Crippen LogP contribution is 2.35. The van der Waals surface area contributed by atoms with Gasteiger partial charge in [-0.1, -0.05) is 0 Å². The SMILES string of the molecule is CC(NC(=O)N1C2CCC1CC(O)C2)C(=O)O. The van der Waals surface area contributed by atoms with E-state index in [-0.39, 0.29) is 24.2 Å². The van der Waals surface area contributed by atoms with Crippen LogP contribution in [0.4, 0.5) is 4.79 Å². The summed E-state index contributed by atoms with van der Waals surface area (Å²) in [6, 6.07) is -1.08. The lowest BCUT2D eigenvalue weighted by molar-refractivity contribution is -0.138. The van der Waals surface area contributed by atoms with Crippen LogP contribution in [0, 0.1) is 0 Å². The molecule has 17 heavy (non-hydrogen) atoms. The van der Waals surface area contributed by atoms with Gasteiger partial charge in [0.05, 0.1) is 6.10 Å². The van der Waals surface area contributed by atoms with Crippen molar-refractivity contribution in [3.8, 4) is 0 Å². The second-order valence-electron chi connectivity index (χ2n) is 4.93. The summed E-state index contributed by atoms with van der Waals surface area (Å²) in [6.07, 6.45) is 2.68. The Bertz CT molecular complexity index is 319. The normalized spacial score (nSPS) is 33.3. The van der Waals surface area contributed by atoms with Gasteiger partial charge in [0.2, 0.25) is 0 Å². The summed E-state index contributed by atoms with van der Waals surface area (Å²) in [6.45, 7) is 1.45. The predicted molar refractivity (Wildman–Crippen MR) is 59.5 cm³/mol. The third-order valence-corrected chi connectivity index (χ3v) is 3.65. The first-order valence-corrected chi connectivity index (χ1v) is 5.98. The van der Waals surface area contributed by atoms with Gasteiger partial charge >= 0.3 is 12.0 Å². The molecule has 3 N–H and O–H groups in total. The van der Waals surface area contributed by atoms with Gasteiger partial charge in [0.25, 0.3) is 0 Å². The number of aliphatic hydroxyl groups excluding tert-OH is 1. The number of nitrogens with zero attached hydrogens (tertiary/aromatic N) is 1. The third-order valence-electron chi connectivity index (χ3n) is 3.65. The van der Waals surface area contributed by atoms with Crippen molar-refractivity contribution in [1.29, 1.82) is 0 Å². The van der Waals surface area contributed by atoms with Crippen LogP contribution in [-0.2, 0) is 4.79 Å². The van der Waals surface area contributed by atoms with E-state index in [0.29, 0.717) is 12.8 Å². The predicted octanol–water partition coefficient (Wildman–Crippen LogP) is 0.157. The molecule has 0 spiro atoms. The fourth-order valence-electron chi connectivity index (χ4n) is 2.80. The summed E-state index contributed by atoms with van der Waals surface area (Å²) in [5.41, 5.74) is 0. The second-order valence-corrected chi connectivity index (χ2v) is 4.93. The Morgan fingerprint density at radius 3 is 2.29 bits per heavy atom. The van der Waals surface area contributed by atoms with Crippen molar-refractivity contribution in [1.82, 2.24) is 10.2 Å². The zero-order chi connectivity index (χ0) is 12.6. The molecule has 6 nitrogen and oxygen atoms in total. The molecule has 2 aliphatic heterocycles. The Morgan fingerprint density at radius 1 is 1.29 bits per heavy atom. The van der Waals surface area contributed by atoms with E-state index in [1.165, 1.54) is 6.92 Å². The van der Waals surface area contributed by atoms with E-state index in [1.807, 2.05) is 0 Å². The van der Waals surface area contributed by atoms with Crippen LogP contribution in [0.2, 0.25) is 0 Å². The van der Waals surface area contributed by atoms with E-state index in [9.17, 15) is 14.7 Å². The molecule has 0 saturated carbocycles. The van der Waals surface area contributed by atoms with Gasteiger partial charge in [-0.15, -0.1) is 0 Å². The molecule has 0 aromatic rings. The number of urea groups is 1. The molecular weight excluding hydrogens is 224 g/mol. The molecule has 6 heteroatoms. The summed E-state index contributed by atoms with van der Waals surface area (Å²) in [4.78, 5) is 24.3. The highest BCUT2D eigenvalue weighted by Gasteiger charge is 2.43. The van der Waals surface area contributed by atoms with Crippen molar-refractivity contribution >= 4 is 12.0 Å². The molecule has 2 heterocycles. The molecule has 2 aliphatic rings. The molecule has 96 valence electrons. The number of piperidine rings is 1. The summed E-state index contributed by atoms with van der Waals surface area (Å²) < 4.78 is 0. The van der Waals surface area contributed by atoms with Gasteiger partial charge in [-0.3, -0.25) is 4.79 Å². The smallest absolute Gasteiger partial charge is 0.325 e. The van der Waals surface area contributed by atoms with Crippen LogP contribution < -0.4 is 5.32 Å². The molecule has 2 rings (SSSR count). The lowest BCUT2D eigenvalue weighted by atomic mass is 10.0. The number of amides is 2. The van der Waals surface area contributed by atoms with Crippen LogP contribution in [0.25, 0.3) is 0 Å². The minimum Gasteiger partial charge on any atom is -0.480 e. The molecule has 0 aromatic carbocycles. The molecule has 2 bridgehead atoms. The van der Waals surface area contributed by atoms with Crippen molar-refractivity contribution in [2.75, 3.05) is 0 Å². The van der Waals surface area contributed by atoms with Crippen LogP contribution in [0.3, 0.4) is 0 Å². The van der Waals surface area contributed by atoms with Gasteiger partial charge in [0, 0.05) is 12.1 Å². The molecule has 3 atom stereocenters. The van der Waals surface area contributed by atoms with Gasteiger partial charge in [0.1, 0.15) is 6.04 Å². The van der Waals surface area contributed by atoms with E-state index in [2.05, 4.69) is 5.32 Å². The molecule has 0 aliphatic carbocycles. The van der Waals surface area contributed by atoms with Crippen molar-refractivity contribution in [2.45, 2.75) is 56.8 Å². The third kappa shape index (κ3) is 2.36.